The Morgan fingerprint density at radius 2 is 2.09 bits per heavy atom. The van der Waals surface area contributed by atoms with Gasteiger partial charge < -0.3 is 24.4 Å². The van der Waals surface area contributed by atoms with Gasteiger partial charge in [0.15, 0.2) is 5.17 Å². The molecule has 0 aromatic rings. The summed E-state index contributed by atoms with van der Waals surface area (Å²) in [6.45, 7) is 7.62. The Hall–Kier alpha value is -1.72. The van der Waals surface area contributed by atoms with Crippen LogP contribution in [-0.2, 0) is 23.9 Å². The Balaban J connectivity index is 1.43. The Labute approximate surface area is 202 Å². The number of aliphatic hydroxyl groups is 1. The number of hydrogen-bond acceptors (Lipinski definition) is 10. The van der Waals surface area contributed by atoms with Gasteiger partial charge in [-0.2, -0.15) is 0 Å². The molecule has 0 aliphatic carbocycles. The van der Waals surface area contributed by atoms with Crippen LogP contribution in [0.25, 0.3) is 0 Å². The monoisotopic (exact) mass is 497 g/mol. The molecule has 9 nitrogen and oxygen atoms in total. The second kappa shape index (κ2) is 10.3. The van der Waals surface area contributed by atoms with Crippen molar-refractivity contribution in [2.24, 2.45) is 16.8 Å². The lowest BCUT2D eigenvalue weighted by atomic mass is 9.79. The summed E-state index contributed by atoms with van der Waals surface area (Å²) in [5.41, 5.74) is 0.232. The van der Waals surface area contributed by atoms with Crippen LogP contribution in [0.4, 0.5) is 0 Å². The standard InChI is InChI=1S/C22H31N3O6S2/c1-4-5-6-15(27)30-11-31-21(29)18-19(12(2)17-16(13(3)26)20(28)25(17)18)33-14-9-24(10-14)22-23-7-8-32-22/h12-14,16-17,26H,4-11H2,1-3H3/t12?,13?,16?,17-/m1/s1. The number of carbonyl (C=O) groups is 3. The molecule has 0 radical (unpaired) electrons. The largest absolute Gasteiger partial charge is 0.428 e. The maximum atomic E-state index is 13.0. The van der Waals surface area contributed by atoms with Crippen molar-refractivity contribution >= 4 is 46.5 Å². The molecule has 0 saturated carbocycles. The van der Waals surface area contributed by atoms with E-state index in [4.69, 9.17) is 9.47 Å². The molecule has 4 aliphatic heterocycles. The number of aliphatic hydroxyl groups excluding tert-OH is 1. The first-order valence-corrected chi connectivity index (χ1v) is 13.4. The van der Waals surface area contributed by atoms with Crippen LogP contribution in [0.15, 0.2) is 15.6 Å². The number of thioether (sulfide) groups is 2. The van der Waals surface area contributed by atoms with Gasteiger partial charge in [-0.15, -0.1) is 11.8 Å². The van der Waals surface area contributed by atoms with E-state index in [0.29, 0.717) is 6.42 Å². The highest BCUT2D eigenvalue weighted by Gasteiger charge is 2.60. The molecule has 33 heavy (non-hydrogen) atoms. The third-order valence-corrected chi connectivity index (χ3v) is 8.91. The van der Waals surface area contributed by atoms with Crippen LogP contribution < -0.4 is 0 Å². The highest BCUT2D eigenvalue weighted by atomic mass is 32.2. The van der Waals surface area contributed by atoms with Crippen molar-refractivity contribution in [3.05, 3.63) is 10.6 Å². The number of fused-ring (bicyclic) bond motifs is 1. The number of ether oxygens (including phenoxy) is 2. The summed E-state index contributed by atoms with van der Waals surface area (Å²) in [5, 5.41) is 11.5. The average molecular weight is 498 g/mol. The molecular formula is C22H31N3O6S2. The minimum atomic E-state index is -0.793. The Kier molecular flexibility index (Phi) is 7.59. The topological polar surface area (TPSA) is 109 Å². The molecule has 11 heteroatoms. The van der Waals surface area contributed by atoms with E-state index in [9.17, 15) is 19.5 Å². The van der Waals surface area contributed by atoms with Gasteiger partial charge in [-0.05, 0) is 13.3 Å². The van der Waals surface area contributed by atoms with Gasteiger partial charge in [-0.25, -0.2) is 4.79 Å². The van der Waals surface area contributed by atoms with Gasteiger partial charge in [0.1, 0.15) is 5.70 Å². The van der Waals surface area contributed by atoms with E-state index < -0.39 is 30.8 Å². The molecule has 3 unspecified atom stereocenters. The van der Waals surface area contributed by atoms with Crippen LogP contribution in [0.3, 0.4) is 0 Å². The number of nitrogens with zero attached hydrogens (tertiary/aromatic N) is 3. The van der Waals surface area contributed by atoms with Crippen LogP contribution in [0.2, 0.25) is 0 Å². The maximum absolute atomic E-state index is 13.0. The molecule has 182 valence electrons. The van der Waals surface area contributed by atoms with E-state index in [-0.39, 0.29) is 35.2 Å². The second-order valence-electron chi connectivity index (χ2n) is 8.79. The van der Waals surface area contributed by atoms with Crippen LogP contribution in [-0.4, -0.2) is 87.5 Å². The number of β-lactam (4-membered cyclic amide) rings is 1. The van der Waals surface area contributed by atoms with Gasteiger partial charge in [0.2, 0.25) is 12.7 Å². The van der Waals surface area contributed by atoms with Crippen LogP contribution in [0.5, 0.6) is 0 Å². The first-order valence-electron chi connectivity index (χ1n) is 11.5. The summed E-state index contributed by atoms with van der Waals surface area (Å²) in [6.07, 6.45) is 1.07. The fourth-order valence-corrected chi connectivity index (χ4v) is 7.04. The molecule has 0 aromatic carbocycles. The quantitative estimate of drug-likeness (QED) is 0.290. The molecule has 2 fully saturated rings. The van der Waals surface area contributed by atoms with E-state index >= 15 is 0 Å². The lowest BCUT2D eigenvalue weighted by Crippen LogP contribution is -2.63. The molecule has 2 saturated heterocycles. The van der Waals surface area contributed by atoms with Crippen LogP contribution in [0, 0.1) is 11.8 Å². The normalized spacial score (nSPS) is 27.7. The van der Waals surface area contributed by atoms with Crippen LogP contribution in [0.1, 0.15) is 40.0 Å². The SMILES string of the molecule is CCCCC(=O)OCOC(=O)C1=C(SC2CN(C3=NCCS3)C2)C(C)[C@@H]2C(C(C)O)C(=O)N12. The van der Waals surface area contributed by atoms with Crippen molar-refractivity contribution < 1.29 is 29.0 Å². The molecule has 1 N–H and O–H groups in total. The summed E-state index contributed by atoms with van der Waals surface area (Å²) in [7, 11) is 0. The highest BCUT2D eigenvalue weighted by Crippen LogP contribution is 2.52. The third-order valence-electron chi connectivity index (χ3n) is 6.43. The number of likely N-dealkylation sites (tertiary alicyclic amines) is 1. The first-order chi connectivity index (χ1) is 15.8. The summed E-state index contributed by atoms with van der Waals surface area (Å²) in [6, 6.07) is -0.263. The molecule has 4 aliphatic rings. The molecule has 0 spiro atoms. The predicted molar refractivity (Wildman–Crippen MR) is 126 cm³/mol. The molecule has 0 aromatic heterocycles. The number of esters is 2. The molecule has 4 rings (SSSR count). The minimum absolute atomic E-state index is 0.0887. The van der Waals surface area contributed by atoms with Gasteiger partial charge in [-0.1, -0.05) is 32.0 Å². The Morgan fingerprint density at radius 3 is 2.73 bits per heavy atom. The summed E-state index contributed by atoms with van der Waals surface area (Å²) < 4.78 is 10.3. The number of rotatable bonds is 9. The summed E-state index contributed by atoms with van der Waals surface area (Å²) in [4.78, 5) is 46.5. The zero-order valence-electron chi connectivity index (χ0n) is 19.2. The average Bonchev–Trinajstić information content (AvgIpc) is 3.34. The zero-order valence-corrected chi connectivity index (χ0v) is 20.8. The molecule has 0 bridgehead atoms. The van der Waals surface area contributed by atoms with E-state index in [1.165, 1.54) is 4.90 Å². The Morgan fingerprint density at radius 1 is 1.33 bits per heavy atom. The number of amides is 1. The number of hydrogen-bond donors (Lipinski definition) is 1. The van der Waals surface area contributed by atoms with Gasteiger partial charge >= 0.3 is 11.9 Å². The number of unbranched alkanes of at least 4 members (excludes halogenated alkanes) is 1. The maximum Gasteiger partial charge on any atom is 0.358 e. The molecule has 4 heterocycles. The smallest absolute Gasteiger partial charge is 0.358 e. The fraction of sp³-hybridized carbons (Fsp3) is 0.727. The van der Waals surface area contributed by atoms with E-state index in [2.05, 4.69) is 9.89 Å². The van der Waals surface area contributed by atoms with E-state index in [1.807, 2.05) is 13.8 Å². The second-order valence-corrected chi connectivity index (χ2v) is 11.2. The van der Waals surface area contributed by atoms with Crippen molar-refractivity contribution in [3.8, 4) is 0 Å². The molecular weight excluding hydrogens is 466 g/mol. The number of carbonyl (C=O) groups excluding carboxylic acids is 3. The van der Waals surface area contributed by atoms with Gasteiger partial charge in [-0.3, -0.25) is 14.6 Å². The minimum Gasteiger partial charge on any atom is -0.428 e. The number of amidine groups is 1. The molecule has 1 amide bonds. The lowest BCUT2D eigenvalue weighted by Gasteiger charge is -2.46. The first kappa shape index (κ1) is 24.4. The van der Waals surface area contributed by atoms with Crippen molar-refractivity contribution in [3.63, 3.8) is 0 Å². The van der Waals surface area contributed by atoms with Crippen molar-refractivity contribution in [1.82, 2.24) is 9.80 Å². The fourth-order valence-electron chi connectivity index (χ4n) is 4.64. The predicted octanol–water partition coefficient (Wildman–Crippen LogP) is 1.81. The van der Waals surface area contributed by atoms with Crippen molar-refractivity contribution in [2.45, 2.75) is 57.4 Å². The highest BCUT2D eigenvalue weighted by molar-refractivity contribution is 8.14. The number of aliphatic imine (C=N–C) groups is 1. The van der Waals surface area contributed by atoms with Crippen LogP contribution >= 0.6 is 23.5 Å². The lowest BCUT2D eigenvalue weighted by molar-refractivity contribution is -0.172. The van der Waals surface area contributed by atoms with Crippen molar-refractivity contribution in [1.29, 1.82) is 0 Å². The van der Waals surface area contributed by atoms with Crippen molar-refractivity contribution in [2.75, 3.05) is 32.2 Å². The Bertz CT molecular complexity index is 870. The van der Waals surface area contributed by atoms with E-state index in [1.54, 1.807) is 30.4 Å². The summed E-state index contributed by atoms with van der Waals surface area (Å²) >= 11 is 3.37. The third kappa shape index (κ3) is 4.77. The van der Waals surface area contributed by atoms with Gasteiger partial charge in [0, 0.05) is 41.3 Å². The summed E-state index contributed by atoms with van der Waals surface area (Å²) in [5.74, 6) is -0.952. The zero-order chi connectivity index (χ0) is 23.7. The van der Waals surface area contributed by atoms with E-state index in [0.717, 1.165) is 41.9 Å². The molecule has 4 atom stereocenters. The van der Waals surface area contributed by atoms with Gasteiger partial charge in [0.05, 0.1) is 24.6 Å². The van der Waals surface area contributed by atoms with Gasteiger partial charge in [0.25, 0.3) is 0 Å².